The average molecular weight is 256 g/mol. The number of hydrogen-bond donors (Lipinski definition) is 1. The van der Waals surface area contributed by atoms with E-state index >= 15 is 0 Å². The molecule has 19 heavy (non-hydrogen) atoms. The quantitative estimate of drug-likeness (QED) is 0.856. The third kappa shape index (κ3) is 2.44. The summed E-state index contributed by atoms with van der Waals surface area (Å²) >= 11 is 0. The highest BCUT2D eigenvalue weighted by molar-refractivity contribution is 5.45. The van der Waals surface area contributed by atoms with E-state index in [1.165, 1.54) is 24.3 Å². The summed E-state index contributed by atoms with van der Waals surface area (Å²) in [5.74, 6) is 2.65. The van der Waals surface area contributed by atoms with E-state index in [1.807, 2.05) is 0 Å². The molecule has 0 aliphatic carbocycles. The molecule has 0 bridgehead atoms. The van der Waals surface area contributed by atoms with E-state index in [1.54, 1.807) is 31.4 Å². The predicted octanol–water partition coefficient (Wildman–Crippen LogP) is 2.70. The van der Waals surface area contributed by atoms with Crippen LogP contribution in [0.15, 0.2) is 48.5 Å². The highest BCUT2D eigenvalue weighted by Gasteiger charge is 2.29. The van der Waals surface area contributed by atoms with E-state index in [-0.39, 0.29) is 5.82 Å². The Labute approximate surface area is 111 Å². The lowest BCUT2D eigenvalue weighted by atomic mass is 9.87. The molecule has 0 amide bonds. The van der Waals surface area contributed by atoms with Crippen LogP contribution in [0.1, 0.15) is 11.1 Å². The van der Waals surface area contributed by atoms with Crippen molar-refractivity contribution in [3.63, 3.8) is 0 Å². The molecule has 2 aromatic carbocycles. The minimum absolute atomic E-state index is 0.377. The number of ether oxygens (including phenoxy) is 1. The Kier molecular flexibility index (Phi) is 3.55. The fraction of sp³-hybridized carbons (Fsp3) is 0.125. The monoisotopic (exact) mass is 256 g/mol. The maximum Gasteiger partial charge on any atom is 0.176 e. The summed E-state index contributed by atoms with van der Waals surface area (Å²) in [4.78, 5) is 0. The lowest BCUT2D eigenvalue weighted by Gasteiger charge is -2.23. The molecule has 2 aromatic rings. The number of benzene rings is 2. The zero-order chi connectivity index (χ0) is 13.9. The van der Waals surface area contributed by atoms with Crippen molar-refractivity contribution in [1.82, 2.24) is 0 Å². The molecule has 1 N–H and O–H groups in total. The SMILES string of the molecule is C#CC(O)(c1ccc(F)cc1)c1ccc(OC)cc1. The van der Waals surface area contributed by atoms with Crippen LogP contribution in [0.5, 0.6) is 5.75 Å². The molecule has 3 heteroatoms. The molecule has 0 radical (unpaired) electrons. The summed E-state index contributed by atoms with van der Waals surface area (Å²) in [5, 5.41) is 10.6. The van der Waals surface area contributed by atoms with Gasteiger partial charge in [0.1, 0.15) is 11.6 Å². The Morgan fingerprint density at radius 3 is 1.95 bits per heavy atom. The van der Waals surface area contributed by atoms with Crippen LogP contribution < -0.4 is 4.74 Å². The molecule has 0 spiro atoms. The summed E-state index contributed by atoms with van der Waals surface area (Å²) in [6, 6.07) is 12.3. The smallest absolute Gasteiger partial charge is 0.176 e. The van der Waals surface area contributed by atoms with Crippen LogP contribution >= 0.6 is 0 Å². The van der Waals surface area contributed by atoms with Crippen LogP contribution in [0.2, 0.25) is 0 Å². The lowest BCUT2D eigenvalue weighted by molar-refractivity contribution is 0.145. The Morgan fingerprint density at radius 2 is 1.53 bits per heavy atom. The Hall–Kier alpha value is -2.31. The molecule has 0 aliphatic heterocycles. The Bertz CT molecular complexity index is 596. The number of halogens is 1. The Morgan fingerprint density at radius 1 is 1.05 bits per heavy atom. The number of aliphatic hydroxyl groups is 1. The standard InChI is InChI=1S/C16H13FO2/c1-3-16(18,12-4-8-14(17)9-5-12)13-6-10-15(19-2)11-7-13/h1,4-11,18H,2H3. The van der Waals surface area contributed by atoms with Gasteiger partial charge >= 0.3 is 0 Å². The first-order valence-corrected chi connectivity index (χ1v) is 5.71. The third-order valence-electron chi connectivity index (χ3n) is 2.98. The van der Waals surface area contributed by atoms with Gasteiger partial charge in [-0.2, -0.15) is 0 Å². The van der Waals surface area contributed by atoms with Crippen molar-refractivity contribution in [2.24, 2.45) is 0 Å². The van der Waals surface area contributed by atoms with Crippen molar-refractivity contribution >= 4 is 0 Å². The Balaban J connectivity index is 2.47. The molecule has 0 saturated heterocycles. The molecule has 1 unspecified atom stereocenters. The molecule has 0 heterocycles. The van der Waals surface area contributed by atoms with E-state index in [0.717, 1.165) is 0 Å². The van der Waals surface area contributed by atoms with E-state index in [4.69, 9.17) is 11.2 Å². The van der Waals surface area contributed by atoms with E-state index in [0.29, 0.717) is 16.9 Å². The molecule has 0 saturated carbocycles. The summed E-state index contributed by atoms with van der Waals surface area (Å²) in [7, 11) is 1.56. The van der Waals surface area contributed by atoms with Gasteiger partial charge in [0, 0.05) is 11.1 Å². The number of rotatable bonds is 3. The van der Waals surface area contributed by atoms with E-state index in [2.05, 4.69) is 5.92 Å². The van der Waals surface area contributed by atoms with Crippen molar-refractivity contribution < 1.29 is 14.2 Å². The van der Waals surface area contributed by atoms with Gasteiger partial charge in [-0.25, -0.2) is 4.39 Å². The maximum absolute atomic E-state index is 12.9. The highest BCUT2D eigenvalue weighted by Crippen LogP contribution is 2.30. The normalized spacial score (nSPS) is 13.4. The van der Waals surface area contributed by atoms with Crippen molar-refractivity contribution in [2.75, 3.05) is 7.11 Å². The molecule has 2 rings (SSSR count). The van der Waals surface area contributed by atoms with E-state index in [9.17, 15) is 9.50 Å². The van der Waals surface area contributed by atoms with Gasteiger partial charge in [-0.05, 0) is 24.3 Å². The maximum atomic E-state index is 12.9. The summed E-state index contributed by atoms with van der Waals surface area (Å²) in [6.07, 6.45) is 5.45. The highest BCUT2D eigenvalue weighted by atomic mass is 19.1. The van der Waals surface area contributed by atoms with Gasteiger partial charge in [0.25, 0.3) is 0 Å². The van der Waals surface area contributed by atoms with Crippen LogP contribution in [0, 0.1) is 18.2 Å². The minimum Gasteiger partial charge on any atom is -0.497 e. The molecule has 0 aliphatic rings. The first-order chi connectivity index (χ1) is 9.10. The van der Waals surface area contributed by atoms with Crippen molar-refractivity contribution in [1.29, 1.82) is 0 Å². The van der Waals surface area contributed by atoms with Crippen LogP contribution in [0.4, 0.5) is 4.39 Å². The topological polar surface area (TPSA) is 29.5 Å². The first kappa shape index (κ1) is 13.1. The minimum atomic E-state index is -1.58. The molecule has 1 atom stereocenters. The van der Waals surface area contributed by atoms with Crippen molar-refractivity contribution in [2.45, 2.75) is 5.60 Å². The third-order valence-corrected chi connectivity index (χ3v) is 2.98. The van der Waals surface area contributed by atoms with Crippen LogP contribution in [0.3, 0.4) is 0 Å². The van der Waals surface area contributed by atoms with E-state index < -0.39 is 5.60 Å². The van der Waals surface area contributed by atoms with Crippen LogP contribution in [-0.2, 0) is 5.60 Å². The number of methoxy groups -OCH3 is 1. The van der Waals surface area contributed by atoms with Crippen LogP contribution in [0.25, 0.3) is 0 Å². The molecule has 0 aromatic heterocycles. The van der Waals surface area contributed by atoms with Gasteiger partial charge in [0.05, 0.1) is 7.11 Å². The van der Waals surface area contributed by atoms with Gasteiger partial charge in [0.2, 0.25) is 0 Å². The second-order valence-corrected chi connectivity index (χ2v) is 4.09. The molecular weight excluding hydrogens is 243 g/mol. The average Bonchev–Trinajstić information content (AvgIpc) is 2.47. The molecule has 96 valence electrons. The van der Waals surface area contributed by atoms with Gasteiger partial charge in [-0.15, -0.1) is 6.42 Å². The molecule has 2 nitrogen and oxygen atoms in total. The largest absolute Gasteiger partial charge is 0.497 e. The predicted molar refractivity (Wildman–Crippen MR) is 71.2 cm³/mol. The zero-order valence-electron chi connectivity index (χ0n) is 10.4. The molecular formula is C16H13FO2. The van der Waals surface area contributed by atoms with Gasteiger partial charge < -0.3 is 9.84 Å². The zero-order valence-corrected chi connectivity index (χ0v) is 10.4. The van der Waals surface area contributed by atoms with Crippen LogP contribution in [-0.4, -0.2) is 12.2 Å². The fourth-order valence-corrected chi connectivity index (χ4v) is 1.86. The fourth-order valence-electron chi connectivity index (χ4n) is 1.86. The number of hydrogen-bond acceptors (Lipinski definition) is 2. The summed E-state index contributed by atoms with van der Waals surface area (Å²) < 4.78 is 18.0. The molecule has 0 fully saturated rings. The first-order valence-electron chi connectivity index (χ1n) is 5.71. The summed E-state index contributed by atoms with van der Waals surface area (Å²) in [5.41, 5.74) is -0.607. The number of terminal acetylenes is 1. The van der Waals surface area contributed by atoms with Crippen molar-refractivity contribution in [3.05, 3.63) is 65.5 Å². The second-order valence-electron chi connectivity index (χ2n) is 4.09. The van der Waals surface area contributed by atoms with Gasteiger partial charge in [-0.1, -0.05) is 30.2 Å². The summed E-state index contributed by atoms with van der Waals surface area (Å²) in [6.45, 7) is 0. The van der Waals surface area contributed by atoms with Gasteiger partial charge in [-0.3, -0.25) is 0 Å². The lowest BCUT2D eigenvalue weighted by Crippen LogP contribution is -2.24. The van der Waals surface area contributed by atoms with Crippen molar-refractivity contribution in [3.8, 4) is 18.1 Å². The second kappa shape index (κ2) is 5.13. The van der Waals surface area contributed by atoms with Gasteiger partial charge in [0.15, 0.2) is 5.60 Å².